The maximum atomic E-state index is 11.0. The highest BCUT2D eigenvalue weighted by atomic mass is 16.5. The van der Waals surface area contributed by atoms with Gasteiger partial charge >= 0.3 is 0 Å². The summed E-state index contributed by atoms with van der Waals surface area (Å²) in [6.45, 7) is 9.34. The van der Waals surface area contributed by atoms with E-state index in [0.717, 1.165) is 35.2 Å². The molecule has 1 amide bonds. The molecule has 0 spiro atoms. The van der Waals surface area contributed by atoms with Crippen molar-refractivity contribution in [2.24, 2.45) is 5.73 Å². The Labute approximate surface area is 223 Å². The molecule has 0 aliphatic carbocycles. The molecule has 1 aromatic heterocycles. The number of aromatic nitrogens is 2. The van der Waals surface area contributed by atoms with Crippen LogP contribution in [-0.4, -0.2) is 63.1 Å². The molecule has 9 heteroatoms. The first-order valence-corrected chi connectivity index (χ1v) is 13.4. The van der Waals surface area contributed by atoms with Crippen LogP contribution in [0.15, 0.2) is 34.9 Å². The van der Waals surface area contributed by atoms with Crippen molar-refractivity contribution in [1.82, 2.24) is 15.0 Å². The first kappa shape index (κ1) is 27.8. The van der Waals surface area contributed by atoms with Gasteiger partial charge in [-0.25, -0.2) is 0 Å². The van der Waals surface area contributed by atoms with Crippen LogP contribution in [0.5, 0.6) is 5.75 Å². The highest BCUT2D eigenvalue weighted by Crippen LogP contribution is 2.32. The van der Waals surface area contributed by atoms with Crippen molar-refractivity contribution in [2.75, 3.05) is 19.7 Å². The van der Waals surface area contributed by atoms with Crippen molar-refractivity contribution in [1.29, 1.82) is 0 Å². The number of hydrogen-bond acceptors (Lipinski definition) is 8. The lowest BCUT2D eigenvalue weighted by molar-refractivity contribution is -0.127. The van der Waals surface area contributed by atoms with E-state index in [1.165, 1.54) is 37.1 Å². The molecule has 1 unspecified atom stereocenters. The largest absolute Gasteiger partial charge is 0.490 e. The van der Waals surface area contributed by atoms with Crippen molar-refractivity contribution >= 4 is 5.91 Å². The van der Waals surface area contributed by atoms with Gasteiger partial charge in [0.2, 0.25) is 11.7 Å². The molecule has 0 radical (unpaired) electrons. The second-order valence-corrected chi connectivity index (χ2v) is 10.00. The molecule has 2 atom stereocenters. The summed E-state index contributed by atoms with van der Waals surface area (Å²) in [6, 6.07) is 10.3. The molecule has 9 nitrogen and oxygen atoms in total. The average molecular weight is 523 g/mol. The summed E-state index contributed by atoms with van der Waals surface area (Å²) in [6.07, 6.45) is 1.56. The summed E-state index contributed by atoms with van der Waals surface area (Å²) in [5.74, 6) is 0.749. The summed E-state index contributed by atoms with van der Waals surface area (Å²) in [7, 11) is 0. The summed E-state index contributed by atoms with van der Waals surface area (Å²) in [5.41, 5.74) is 11.2. The zero-order valence-corrected chi connectivity index (χ0v) is 22.4. The van der Waals surface area contributed by atoms with E-state index in [-0.39, 0.29) is 13.0 Å². The predicted molar refractivity (Wildman–Crippen MR) is 144 cm³/mol. The number of benzene rings is 2. The maximum absolute atomic E-state index is 11.0. The Bertz CT molecular complexity index is 1250. The second kappa shape index (κ2) is 12.5. The number of rotatable bonds is 12. The zero-order valence-electron chi connectivity index (χ0n) is 22.4. The van der Waals surface area contributed by atoms with Crippen LogP contribution >= 0.6 is 0 Å². The molecule has 0 bridgehead atoms. The van der Waals surface area contributed by atoms with Crippen LogP contribution in [0.2, 0.25) is 0 Å². The molecule has 3 aromatic rings. The predicted octanol–water partition coefficient (Wildman–Crippen LogP) is 3.41. The van der Waals surface area contributed by atoms with Gasteiger partial charge in [-0.05, 0) is 92.2 Å². The van der Waals surface area contributed by atoms with Crippen molar-refractivity contribution in [2.45, 2.75) is 71.6 Å². The third-order valence-electron chi connectivity index (χ3n) is 7.09. The summed E-state index contributed by atoms with van der Waals surface area (Å²) >= 11 is 0. The Morgan fingerprint density at radius 3 is 2.47 bits per heavy atom. The normalized spacial score (nSPS) is 15.5. The lowest BCUT2D eigenvalue weighted by atomic mass is 10.0. The van der Waals surface area contributed by atoms with Crippen LogP contribution in [0.25, 0.3) is 22.8 Å². The van der Waals surface area contributed by atoms with Gasteiger partial charge in [-0.3, -0.25) is 9.69 Å². The molecule has 0 saturated carbocycles. The lowest BCUT2D eigenvalue weighted by Crippen LogP contribution is -2.33. The molecular formula is C29H38N4O5. The van der Waals surface area contributed by atoms with Gasteiger partial charge in [0.1, 0.15) is 18.5 Å². The molecule has 4 rings (SSSR count). The Balaban J connectivity index is 1.50. The van der Waals surface area contributed by atoms with Crippen LogP contribution in [0.3, 0.4) is 0 Å². The van der Waals surface area contributed by atoms with Gasteiger partial charge in [0.05, 0.1) is 6.10 Å². The smallest absolute Gasteiger partial charge is 0.258 e. The molecule has 1 aliphatic rings. The van der Waals surface area contributed by atoms with Gasteiger partial charge in [-0.1, -0.05) is 25.1 Å². The van der Waals surface area contributed by atoms with Crippen LogP contribution in [0.4, 0.5) is 0 Å². The molecule has 1 fully saturated rings. The minimum absolute atomic E-state index is 0.0720. The van der Waals surface area contributed by atoms with Crippen LogP contribution < -0.4 is 10.5 Å². The number of carbonyl (C=O) groups excluding carboxylic acids is 1. The van der Waals surface area contributed by atoms with Crippen molar-refractivity contribution in [3.8, 4) is 28.6 Å². The molecule has 204 valence electrons. The van der Waals surface area contributed by atoms with Crippen molar-refractivity contribution in [3.63, 3.8) is 0 Å². The number of hydrogen-bond donors (Lipinski definition) is 3. The van der Waals surface area contributed by atoms with Gasteiger partial charge in [0, 0.05) is 24.1 Å². The van der Waals surface area contributed by atoms with Gasteiger partial charge < -0.3 is 25.2 Å². The Hall–Kier alpha value is -3.27. The first-order chi connectivity index (χ1) is 18.3. The van der Waals surface area contributed by atoms with Gasteiger partial charge in [0.25, 0.3) is 5.89 Å². The fourth-order valence-corrected chi connectivity index (χ4v) is 4.95. The van der Waals surface area contributed by atoms with Crippen molar-refractivity contribution < 1.29 is 24.3 Å². The quantitative estimate of drug-likeness (QED) is 0.329. The number of carbonyl (C=O) groups is 1. The molecule has 1 saturated heterocycles. The lowest BCUT2D eigenvalue weighted by Gasteiger charge is -2.18. The van der Waals surface area contributed by atoms with E-state index in [0.29, 0.717) is 23.9 Å². The highest BCUT2D eigenvalue weighted by Gasteiger charge is 2.20. The zero-order chi connectivity index (χ0) is 27.2. The Kier molecular flexibility index (Phi) is 9.14. The minimum Gasteiger partial charge on any atom is -0.490 e. The number of ether oxygens (including phenoxy) is 1. The molecule has 1 aliphatic heterocycles. The van der Waals surface area contributed by atoms with E-state index in [9.17, 15) is 15.0 Å². The van der Waals surface area contributed by atoms with Crippen LogP contribution in [-0.2, 0) is 24.2 Å². The summed E-state index contributed by atoms with van der Waals surface area (Å²) in [5, 5.41) is 24.0. The highest BCUT2D eigenvalue weighted by molar-refractivity contribution is 5.78. The topological polar surface area (TPSA) is 135 Å². The van der Waals surface area contributed by atoms with Gasteiger partial charge in [0.15, 0.2) is 0 Å². The number of nitrogens with zero attached hydrogens (tertiary/aromatic N) is 3. The molecule has 38 heavy (non-hydrogen) atoms. The SMILES string of the molecule is CCc1cc(-c2nc(-c3cc(C)c(OC[C@@H](O)CC(O)C(N)=O)c(CC)c3)no2)ccc1CN1CCCC1. The van der Waals surface area contributed by atoms with Gasteiger partial charge in [-0.15, -0.1) is 0 Å². The van der Waals surface area contributed by atoms with E-state index in [1.807, 2.05) is 26.0 Å². The van der Waals surface area contributed by atoms with E-state index < -0.39 is 18.1 Å². The van der Waals surface area contributed by atoms with Crippen molar-refractivity contribution in [3.05, 3.63) is 52.6 Å². The van der Waals surface area contributed by atoms with E-state index >= 15 is 0 Å². The molecule has 2 heterocycles. The van der Waals surface area contributed by atoms with Crippen LogP contribution in [0.1, 0.15) is 55.4 Å². The first-order valence-electron chi connectivity index (χ1n) is 13.4. The summed E-state index contributed by atoms with van der Waals surface area (Å²) in [4.78, 5) is 18.2. The Morgan fingerprint density at radius 1 is 1.08 bits per heavy atom. The van der Waals surface area contributed by atoms with E-state index in [4.69, 9.17) is 15.0 Å². The number of aryl methyl sites for hydroxylation is 3. The maximum Gasteiger partial charge on any atom is 0.258 e. The second-order valence-electron chi connectivity index (χ2n) is 10.00. The van der Waals surface area contributed by atoms with E-state index in [1.54, 1.807) is 0 Å². The number of primary amides is 1. The minimum atomic E-state index is -1.41. The number of aliphatic hydroxyl groups excluding tert-OH is 2. The average Bonchev–Trinajstić information content (AvgIpc) is 3.60. The number of likely N-dealkylation sites (tertiary alicyclic amines) is 1. The van der Waals surface area contributed by atoms with Gasteiger partial charge in [-0.2, -0.15) is 4.98 Å². The molecular weight excluding hydrogens is 484 g/mol. The summed E-state index contributed by atoms with van der Waals surface area (Å²) < 4.78 is 11.5. The Morgan fingerprint density at radius 2 is 1.79 bits per heavy atom. The fourth-order valence-electron chi connectivity index (χ4n) is 4.95. The fraction of sp³-hybridized carbons (Fsp3) is 0.483. The number of nitrogens with two attached hydrogens (primary N) is 1. The van der Waals surface area contributed by atoms with Crippen LogP contribution in [0, 0.1) is 6.92 Å². The third kappa shape index (κ3) is 6.59. The standard InChI is InChI=1S/C29H38N4O5/c1-4-19-13-21(8-9-22(19)16-33-10-6-7-11-33)29-31-28(32-38-29)23-12-18(3)26(20(5-2)14-23)37-17-24(34)15-25(35)27(30)36/h8-9,12-14,24-25,34-35H,4-7,10-11,15-17H2,1-3H3,(H2,30,36)/t24-,25?/m0/s1. The number of amides is 1. The monoisotopic (exact) mass is 522 g/mol. The third-order valence-corrected chi connectivity index (χ3v) is 7.09. The molecule has 2 aromatic carbocycles. The number of aliphatic hydroxyl groups is 2. The molecule has 4 N–H and O–H groups in total. The van der Waals surface area contributed by atoms with E-state index in [2.05, 4.69) is 40.2 Å².